The van der Waals surface area contributed by atoms with Crippen LogP contribution in [0.2, 0.25) is 0 Å². The van der Waals surface area contributed by atoms with Crippen molar-refractivity contribution in [2.24, 2.45) is 0 Å². The monoisotopic (exact) mass is 228 g/mol. The molecule has 0 aromatic heterocycles. The largest absolute Gasteiger partial charge is 0.497 e. The molecule has 0 aliphatic rings. The summed E-state index contributed by atoms with van der Waals surface area (Å²) in [5.74, 6) is 0.844. The summed E-state index contributed by atoms with van der Waals surface area (Å²) in [6.45, 7) is 2.10. The van der Waals surface area contributed by atoms with Gasteiger partial charge in [-0.3, -0.25) is 0 Å². The molecule has 2 heteroatoms. The number of methoxy groups -OCH3 is 1. The Hall–Kier alpha value is -1.80. The van der Waals surface area contributed by atoms with Crippen molar-refractivity contribution < 1.29 is 9.84 Å². The van der Waals surface area contributed by atoms with Gasteiger partial charge in [-0.15, -0.1) is 0 Å². The summed E-state index contributed by atoms with van der Waals surface area (Å²) >= 11 is 0. The molecule has 0 bridgehead atoms. The fourth-order valence-corrected chi connectivity index (χ4v) is 1.96. The van der Waals surface area contributed by atoms with Crippen molar-refractivity contribution >= 4 is 0 Å². The molecule has 0 aliphatic carbocycles. The minimum atomic E-state index is 0.0731. The van der Waals surface area contributed by atoms with Crippen LogP contribution in [-0.2, 0) is 6.61 Å². The van der Waals surface area contributed by atoms with Crippen LogP contribution in [0.15, 0.2) is 42.5 Å². The van der Waals surface area contributed by atoms with E-state index in [0.29, 0.717) is 0 Å². The first-order valence-corrected chi connectivity index (χ1v) is 5.60. The van der Waals surface area contributed by atoms with Crippen molar-refractivity contribution in [3.05, 3.63) is 53.6 Å². The van der Waals surface area contributed by atoms with Crippen LogP contribution in [0.5, 0.6) is 5.75 Å². The number of rotatable bonds is 3. The molecule has 0 fully saturated rings. The van der Waals surface area contributed by atoms with Crippen LogP contribution in [0.3, 0.4) is 0 Å². The Labute approximate surface area is 101 Å². The van der Waals surface area contributed by atoms with Crippen molar-refractivity contribution in [1.29, 1.82) is 0 Å². The summed E-state index contributed by atoms with van der Waals surface area (Å²) in [6.07, 6.45) is 0. The molecule has 0 spiro atoms. The summed E-state index contributed by atoms with van der Waals surface area (Å²) in [7, 11) is 1.66. The number of aliphatic hydroxyl groups is 1. The van der Waals surface area contributed by atoms with Gasteiger partial charge < -0.3 is 9.84 Å². The number of ether oxygens (including phenoxy) is 1. The molecule has 0 saturated carbocycles. The predicted octanol–water partition coefficient (Wildman–Crippen LogP) is 3.16. The van der Waals surface area contributed by atoms with E-state index >= 15 is 0 Å². The quantitative estimate of drug-likeness (QED) is 0.874. The molecular formula is C15H16O2. The van der Waals surface area contributed by atoms with Crippen molar-refractivity contribution in [3.63, 3.8) is 0 Å². The van der Waals surface area contributed by atoms with Crippen LogP contribution in [-0.4, -0.2) is 12.2 Å². The minimum Gasteiger partial charge on any atom is -0.497 e. The van der Waals surface area contributed by atoms with Crippen molar-refractivity contribution in [3.8, 4) is 16.9 Å². The molecule has 0 unspecified atom stereocenters. The van der Waals surface area contributed by atoms with Gasteiger partial charge in [-0.2, -0.15) is 0 Å². The molecular weight excluding hydrogens is 212 g/mol. The zero-order valence-corrected chi connectivity index (χ0v) is 10.1. The molecule has 0 radical (unpaired) electrons. The van der Waals surface area contributed by atoms with Crippen molar-refractivity contribution in [2.45, 2.75) is 13.5 Å². The van der Waals surface area contributed by atoms with Crippen LogP contribution in [0.4, 0.5) is 0 Å². The van der Waals surface area contributed by atoms with E-state index in [1.54, 1.807) is 7.11 Å². The van der Waals surface area contributed by atoms with E-state index in [1.165, 1.54) is 0 Å². The Morgan fingerprint density at radius 3 is 2.59 bits per heavy atom. The minimum absolute atomic E-state index is 0.0731. The molecule has 1 N–H and O–H groups in total. The molecule has 0 saturated heterocycles. The number of hydrogen-bond donors (Lipinski definition) is 1. The fraction of sp³-hybridized carbons (Fsp3) is 0.200. The third-order valence-corrected chi connectivity index (χ3v) is 3.00. The maximum atomic E-state index is 9.27. The Morgan fingerprint density at radius 2 is 1.88 bits per heavy atom. The molecule has 0 heterocycles. The van der Waals surface area contributed by atoms with Gasteiger partial charge in [0, 0.05) is 0 Å². The van der Waals surface area contributed by atoms with E-state index < -0.39 is 0 Å². The zero-order chi connectivity index (χ0) is 12.3. The predicted molar refractivity (Wildman–Crippen MR) is 69.1 cm³/mol. The topological polar surface area (TPSA) is 29.5 Å². The lowest BCUT2D eigenvalue weighted by Gasteiger charge is -2.10. The number of benzene rings is 2. The highest BCUT2D eigenvalue weighted by Crippen LogP contribution is 2.28. The molecule has 17 heavy (non-hydrogen) atoms. The second kappa shape index (κ2) is 5.02. The van der Waals surface area contributed by atoms with Gasteiger partial charge in [-0.05, 0) is 41.3 Å². The standard InChI is InChI=1S/C15H16O2/c1-11-13(10-16)6-4-8-15(11)12-5-3-7-14(9-12)17-2/h3-9,16H,10H2,1-2H3. The molecule has 2 aromatic rings. The van der Waals surface area contributed by atoms with E-state index in [-0.39, 0.29) is 6.61 Å². The van der Waals surface area contributed by atoms with Crippen LogP contribution < -0.4 is 4.74 Å². The number of hydrogen-bond acceptors (Lipinski definition) is 2. The average Bonchev–Trinajstić information content (AvgIpc) is 2.39. The van der Waals surface area contributed by atoms with E-state index in [0.717, 1.165) is 28.0 Å². The van der Waals surface area contributed by atoms with Gasteiger partial charge in [-0.25, -0.2) is 0 Å². The van der Waals surface area contributed by atoms with E-state index in [9.17, 15) is 5.11 Å². The van der Waals surface area contributed by atoms with Gasteiger partial charge in [0.15, 0.2) is 0 Å². The fourth-order valence-electron chi connectivity index (χ4n) is 1.96. The van der Waals surface area contributed by atoms with E-state index in [1.807, 2.05) is 43.3 Å². The second-order valence-corrected chi connectivity index (χ2v) is 3.98. The SMILES string of the molecule is COc1cccc(-c2cccc(CO)c2C)c1. The third-order valence-electron chi connectivity index (χ3n) is 3.00. The van der Waals surface area contributed by atoms with Crippen LogP contribution in [0, 0.1) is 6.92 Å². The van der Waals surface area contributed by atoms with Crippen LogP contribution in [0.25, 0.3) is 11.1 Å². The second-order valence-electron chi connectivity index (χ2n) is 3.98. The molecule has 2 aromatic carbocycles. The normalized spacial score (nSPS) is 10.3. The Bertz CT molecular complexity index is 518. The maximum Gasteiger partial charge on any atom is 0.119 e. The van der Waals surface area contributed by atoms with Crippen LogP contribution >= 0.6 is 0 Å². The summed E-state index contributed by atoms with van der Waals surface area (Å²) in [6, 6.07) is 13.9. The average molecular weight is 228 g/mol. The van der Waals surface area contributed by atoms with Crippen molar-refractivity contribution in [2.75, 3.05) is 7.11 Å². The number of aliphatic hydroxyl groups excluding tert-OH is 1. The molecule has 0 amide bonds. The molecule has 2 nitrogen and oxygen atoms in total. The maximum absolute atomic E-state index is 9.27. The summed E-state index contributed by atoms with van der Waals surface area (Å²) in [5, 5.41) is 9.27. The van der Waals surface area contributed by atoms with Crippen molar-refractivity contribution in [1.82, 2.24) is 0 Å². The molecule has 2 rings (SSSR count). The lowest BCUT2D eigenvalue weighted by Crippen LogP contribution is -1.92. The van der Waals surface area contributed by atoms with Gasteiger partial charge in [0.1, 0.15) is 5.75 Å². The summed E-state index contributed by atoms with van der Waals surface area (Å²) in [4.78, 5) is 0. The first kappa shape index (κ1) is 11.7. The van der Waals surface area contributed by atoms with Gasteiger partial charge in [-0.1, -0.05) is 30.3 Å². The first-order valence-electron chi connectivity index (χ1n) is 5.60. The van der Waals surface area contributed by atoms with Crippen LogP contribution in [0.1, 0.15) is 11.1 Å². The van der Waals surface area contributed by atoms with E-state index in [2.05, 4.69) is 6.07 Å². The third kappa shape index (κ3) is 2.32. The Balaban J connectivity index is 2.52. The summed E-state index contributed by atoms with van der Waals surface area (Å²) in [5.41, 5.74) is 4.32. The van der Waals surface area contributed by atoms with E-state index in [4.69, 9.17) is 4.74 Å². The van der Waals surface area contributed by atoms with Gasteiger partial charge in [0.25, 0.3) is 0 Å². The lowest BCUT2D eigenvalue weighted by molar-refractivity contribution is 0.281. The molecule has 0 atom stereocenters. The lowest BCUT2D eigenvalue weighted by atomic mass is 9.97. The van der Waals surface area contributed by atoms with Gasteiger partial charge in [0.05, 0.1) is 13.7 Å². The van der Waals surface area contributed by atoms with Gasteiger partial charge >= 0.3 is 0 Å². The Kier molecular flexibility index (Phi) is 3.45. The first-order chi connectivity index (χ1) is 8.26. The smallest absolute Gasteiger partial charge is 0.119 e. The highest BCUT2D eigenvalue weighted by atomic mass is 16.5. The molecule has 0 aliphatic heterocycles. The zero-order valence-electron chi connectivity index (χ0n) is 10.1. The summed E-state index contributed by atoms with van der Waals surface area (Å²) < 4.78 is 5.22. The highest BCUT2D eigenvalue weighted by Gasteiger charge is 2.06. The molecule has 88 valence electrons. The van der Waals surface area contributed by atoms with Gasteiger partial charge in [0.2, 0.25) is 0 Å². The Morgan fingerprint density at radius 1 is 1.12 bits per heavy atom. The highest BCUT2D eigenvalue weighted by molar-refractivity contribution is 5.69.